The van der Waals surface area contributed by atoms with Crippen molar-refractivity contribution in [1.29, 1.82) is 0 Å². The molecule has 1 aromatic rings. The molecular weight excluding hydrogens is 330 g/mol. The van der Waals surface area contributed by atoms with E-state index in [1.165, 1.54) is 0 Å². The number of hydrogen-bond donors (Lipinski definition) is 1. The maximum atomic E-state index is 12.8. The Morgan fingerprint density at radius 3 is 2.50 bits per heavy atom. The number of aryl methyl sites for hydroxylation is 1. The SMILES string of the molecule is COc1cc(C)c(C(C)NC(=O)N(C)C2CCN(C)CC2C)cc1OC. The summed E-state index contributed by atoms with van der Waals surface area (Å²) in [5.41, 5.74) is 2.09. The van der Waals surface area contributed by atoms with Gasteiger partial charge in [0.1, 0.15) is 0 Å². The van der Waals surface area contributed by atoms with Gasteiger partial charge in [-0.3, -0.25) is 0 Å². The first-order chi connectivity index (χ1) is 12.3. The molecule has 1 heterocycles. The third-order valence-electron chi connectivity index (χ3n) is 5.46. The minimum Gasteiger partial charge on any atom is -0.493 e. The first-order valence-electron chi connectivity index (χ1n) is 9.22. The number of amides is 2. The zero-order chi connectivity index (χ0) is 19.4. The molecule has 3 atom stereocenters. The van der Waals surface area contributed by atoms with Crippen LogP contribution in [0.15, 0.2) is 12.1 Å². The van der Waals surface area contributed by atoms with Gasteiger partial charge in [0.15, 0.2) is 11.5 Å². The summed E-state index contributed by atoms with van der Waals surface area (Å²) in [5, 5.41) is 3.13. The number of methoxy groups -OCH3 is 2. The Morgan fingerprint density at radius 2 is 1.92 bits per heavy atom. The van der Waals surface area contributed by atoms with Gasteiger partial charge in [-0.05, 0) is 63.0 Å². The van der Waals surface area contributed by atoms with Crippen LogP contribution in [0.2, 0.25) is 0 Å². The molecule has 0 aromatic heterocycles. The number of rotatable bonds is 5. The molecule has 1 aliphatic rings. The molecule has 1 saturated heterocycles. The Morgan fingerprint density at radius 1 is 1.31 bits per heavy atom. The van der Waals surface area contributed by atoms with Crippen LogP contribution in [0.4, 0.5) is 4.79 Å². The van der Waals surface area contributed by atoms with Crippen LogP contribution in [0, 0.1) is 12.8 Å². The smallest absolute Gasteiger partial charge is 0.317 e. The van der Waals surface area contributed by atoms with Crippen LogP contribution in [0.5, 0.6) is 11.5 Å². The van der Waals surface area contributed by atoms with Gasteiger partial charge in [0, 0.05) is 19.6 Å². The molecule has 0 radical (unpaired) electrons. The fraction of sp³-hybridized carbons (Fsp3) is 0.650. The summed E-state index contributed by atoms with van der Waals surface area (Å²) in [7, 11) is 7.28. The minimum absolute atomic E-state index is 0.0342. The number of hydrogen-bond acceptors (Lipinski definition) is 4. The lowest BCUT2D eigenvalue weighted by Crippen LogP contribution is -2.52. The monoisotopic (exact) mass is 363 g/mol. The van der Waals surface area contributed by atoms with E-state index in [0.29, 0.717) is 17.4 Å². The second-order valence-electron chi connectivity index (χ2n) is 7.44. The predicted octanol–water partition coefficient (Wildman–Crippen LogP) is 3.05. The molecule has 0 bridgehead atoms. The predicted molar refractivity (Wildman–Crippen MR) is 104 cm³/mol. The number of piperidine rings is 1. The van der Waals surface area contributed by atoms with Crippen molar-refractivity contribution >= 4 is 6.03 Å². The third-order valence-corrected chi connectivity index (χ3v) is 5.46. The Labute approximate surface area is 157 Å². The van der Waals surface area contributed by atoms with E-state index in [4.69, 9.17) is 9.47 Å². The van der Waals surface area contributed by atoms with E-state index < -0.39 is 0 Å². The van der Waals surface area contributed by atoms with Crippen molar-refractivity contribution in [2.75, 3.05) is 41.4 Å². The maximum absolute atomic E-state index is 12.8. The number of nitrogens with zero attached hydrogens (tertiary/aromatic N) is 2. The van der Waals surface area contributed by atoms with Gasteiger partial charge in [0.25, 0.3) is 0 Å². The van der Waals surface area contributed by atoms with Gasteiger partial charge in [-0.2, -0.15) is 0 Å². The van der Waals surface area contributed by atoms with Crippen molar-refractivity contribution in [3.05, 3.63) is 23.3 Å². The summed E-state index contributed by atoms with van der Waals surface area (Å²) in [6.45, 7) is 8.27. The van der Waals surface area contributed by atoms with Crippen molar-refractivity contribution in [3.8, 4) is 11.5 Å². The lowest BCUT2D eigenvalue weighted by Gasteiger charge is -2.40. The fourth-order valence-electron chi connectivity index (χ4n) is 3.90. The lowest BCUT2D eigenvalue weighted by molar-refractivity contribution is 0.106. The average molecular weight is 364 g/mol. The molecule has 1 aliphatic heterocycles. The topological polar surface area (TPSA) is 54.0 Å². The van der Waals surface area contributed by atoms with E-state index in [0.717, 1.165) is 30.6 Å². The largest absolute Gasteiger partial charge is 0.493 e. The van der Waals surface area contributed by atoms with Crippen molar-refractivity contribution in [2.24, 2.45) is 5.92 Å². The van der Waals surface area contributed by atoms with Crippen LogP contribution in [-0.4, -0.2) is 63.3 Å². The zero-order valence-corrected chi connectivity index (χ0v) is 17.1. The number of ether oxygens (including phenoxy) is 2. The maximum Gasteiger partial charge on any atom is 0.317 e. The van der Waals surface area contributed by atoms with Gasteiger partial charge < -0.3 is 24.6 Å². The number of carbonyl (C=O) groups is 1. The normalized spacial score (nSPS) is 21.8. The summed E-state index contributed by atoms with van der Waals surface area (Å²) >= 11 is 0. The highest BCUT2D eigenvalue weighted by Crippen LogP contribution is 2.33. The van der Waals surface area contributed by atoms with Gasteiger partial charge in [-0.1, -0.05) is 6.92 Å². The van der Waals surface area contributed by atoms with E-state index in [9.17, 15) is 4.79 Å². The standard InChI is InChI=1S/C20H33N3O3/c1-13-10-18(25-6)19(26-7)11-16(13)15(3)21-20(24)23(5)17-8-9-22(4)12-14(17)2/h10-11,14-15,17H,8-9,12H2,1-7H3,(H,21,24). The summed E-state index contributed by atoms with van der Waals surface area (Å²) < 4.78 is 10.7. The van der Waals surface area contributed by atoms with Crippen molar-refractivity contribution in [2.45, 2.75) is 39.3 Å². The van der Waals surface area contributed by atoms with Gasteiger partial charge in [0.2, 0.25) is 0 Å². The van der Waals surface area contributed by atoms with Crippen LogP contribution >= 0.6 is 0 Å². The minimum atomic E-state index is -0.119. The second-order valence-corrected chi connectivity index (χ2v) is 7.44. The molecule has 6 nitrogen and oxygen atoms in total. The molecule has 2 rings (SSSR count). The summed E-state index contributed by atoms with van der Waals surface area (Å²) in [4.78, 5) is 17.0. The number of carbonyl (C=O) groups excluding carboxylic acids is 1. The first-order valence-corrected chi connectivity index (χ1v) is 9.22. The van der Waals surface area contributed by atoms with E-state index in [1.54, 1.807) is 14.2 Å². The van der Waals surface area contributed by atoms with Gasteiger partial charge in [-0.15, -0.1) is 0 Å². The van der Waals surface area contributed by atoms with Gasteiger partial charge in [-0.25, -0.2) is 4.79 Å². The van der Waals surface area contributed by atoms with Crippen molar-refractivity contribution in [1.82, 2.24) is 15.1 Å². The quantitative estimate of drug-likeness (QED) is 0.874. The Kier molecular flexibility index (Phi) is 6.75. The molecule has 146 valence electrons. The molecule has 1 N–H and O–H groups in total. The van der Waals surface area contributed by atoms with Crippen LogP contribution in [0.1, 0.15) is 37.4 Å². The van der Waals surface area contributed by atoms with Crippen LogP contribution in [0.25, 0.3) is 0 Å². The summed E-state index contributed by atoms with van der Waals surface area (Å²) in [6, 6.07) is 4.00. The Hall–Kier alpha value is -1.95. The highest BCUT2D eigenvalue weighted by Gasteiger charge is 2.30. The van der Waals surface area contributed by atoms with Crippen LogP contribution in [0.3, 0.4) is 0 Å². The van der Waals surface area contributed by atoms with Crippen molar-refractivity contribution < 1.29 is 14.3 Å². The molecule has 2 amide bonds. The Balaban J connectivity index is 2.09. The Bertz CT molecular complexity index is 635. The fourth-order valence-corrected chi connectivity index (χ4v) is 3.90. The van der Waals surface area contributed by atoms with E-state index >= 15 is 0 Å². The molecular formula is C20H33N3O3. The highest BCUT2D eigenvalue weighted by atomic mass is 16.5. The van der Waals surface area contributed by atoms with Crippen LogP contribution < -0.4 is 14.8 Å². The van der Waals surface area contributed by atoms with Crippen molar-refractivity contribution in [3.63, 3.8) is 0 Å². The van der Waals surface area contributed by atoms with E-state index in [-0.39, 0.29) is 18.1 Å². The number of urea groups is 1. The third kappa shape index (κ3) is 4.41. The second kappa shape index (κ2) is 8.62. The summed E-state index contributed by atoms with van der Waals surface area (Å²) in [6.07, 6.45) is 1.01. The molecule has 6 heteroatoms. The van der Waals surface area contributed by atoms with Crippen LogP contribution in [-0.2, 0) is 0 Å². The molecule has 1 aromatic carbocycles. The highest BCUT2D eigenvalue weighted by molar-refractivity contribution is 5.75. The molecule has 26 heavy (non-hydrogen) atoms. The number of benzene rings is 1. The molecule has 3 unspecified atom stereocenters. The molecule has 0 saturated carbocycles. The van der Waals surface area contributed by atoms with Gasteiger partial charge >= 0.3 is 6.03 Å². The lowest BCUT2D eigenvalue weighted by atomic mass is 9.93. The first kappa shape index (κ1) is 20.4. The zero-order valence-electron chi connectivity index (χ0n) is 17.1. The number of likely N-dealkylation sites (tertiary alicyclic amines) is 1. The molecule has 0 spiro atoms. The van der Waals surface area contributed by atoms with E-state index in [1.807, 2.05) is 37.9 Å². The molecule has 0 aliphatic carbocycles. The van der Waals surface area contributed by atoms with E-state index in [2.05, 4.69) is 24.2 Å². The summed E-state index contributed by atoms with van der Waals surface area (Å²) in [5.74, 6) is 1.83. The average Bonchev–Trinajstić information content (AvgIpc) is 2.60. The molecule has 1 fully saturated rings. The number of nitrogens with one attached hydrogen (secondary N) is 1. The van der Waals surface area contributed by atoms with Gasteiger partial charge in [0.05, 0.1) is 20.3 Å².